The summed E-state index contributed by atoms with van der Waals surface area (Å²) in [5.74, 6) is -1.37. The number of carbonyl (C=O) groups excluding carboxylic acids is 4. The van der Waals surface area contributed by atoms with Crippen molar-refractivity contribution in [3.8, 4) is 0 Å². The van der Waals surface area contributed by atoms with Crippen LogP contribution < -0.4 is 21.3 Å². The van der Waals surface area contributed by atoms with Gasteiger partial charge < -0.3 is 41.0 Å². The van der Waals surface area contributed by atoms with E-state index in [1.807, 2.05) is 44.3 Å². The summed E-state index contributed by atoms with van der Waals surface area (Å²) >= 11 is 0. The molecule has 228 valence electrons. The molecule has 0 saturated carbocycles. The van der Waals surface area contributed by atoms with Crippen LogP contribution in [0.5, 0.6) is 0 Å². The number of ether oxygens (including phenoxy) is 1. The Balaban J connectivity index is 1.43. The van der Waals surface area contributed by atoms with Gasteiger partial charge in [0.15, 0.2) is 0 Å². The van der Waals surface area contributed by atoms with E-state index in [2.05, 4.69) is 26.3 Å². The van der Waals surface area contributed by atoms with E-state index in [1.54, 1.807) is 0 Å². The number of nitrogens with one attached hydrogen (secondary N) is 5. The van der Waals surface area contributed by atoms with E-state index < -0.39 is 42.3 Å². The number of amides is 4. The lowest BCUT2D eigenvalue weighted by molar-refractivity contribution is -0.142. The van der Waals surface area contributed by atoms with Crippen LogP contribution in [0.15, 0.2) is 30.5 Å². The molecule has 3 aliphatic rings. The monoisotopic (exact) mass is 582 g/mol. The van der Waals surface area contributed by atoms with Crippen LogP contribution in [0.3, 0.4) is 0 Å². The summed E-state index contributed by atoms with van der Waals surface area (Å²) < 4.78 is 5.73. The van der Waals surface area contributed by atoms with E-state index in [-0.39, 0.29) is 43.1 Å². The molecule has 3 fully saturated rings. The zero-order valence-electron chi connectivity index (χ0n) is 24.2. The number of fused-ring (bicyclic) bond motifs is 4. The van der Waals surface area contributed by atoms with Crippen LogP contribution in [0.1, 0.15) is 45.1 Å². The fraction of sp³-hybridized carbons (Fsp3) is 0.600. The zero-order valence-corrected chi connectivity index (χ0v) is 24.2. The minimum atomic E-state index is -0.995. The maximum absolute atomic E-state index is 14.0. The fourth-order valence-electron chi connectivity index (χ4n) is 6.26. The Morgan fingerprint density at radius 1 is 1.02 bits per heavy atom. The van der Waals surface area contributed by atoms with E-state index in [0.29, 0.717) is 38.8 Å². The summed E-state index contributed by atoms with van der Waals surface area (Å²) in [6.07, 6.45) is 2.37. The van der Waals surface area contributed by atoms with Crippen LogP contribution in [0.4, 0.5) is 0 Å². The van der Waals surface area contributed by atoms with Gasteiger partial charge in [0.1, 0.15) is 24.2 Å². The lowest BCUT2D eigenvalue weighted by Crippen LogP contribution is -2.60. The summed E-state index contributed by atoms with van der Waals surface area (Å²) in [7, 11) is 0. The van der Waals surface area contributed by atoms with E-state index in [4.69, 9.17) is 4.74 Å². The fourth-order valence-corrected chi connectivity index (χ4v) is 6.26. The molecule has 6 N–H and O–H groups in total. The van der Waals surface area contributed by atoms with Crippen LogP contribution in [-0.4, -0.2) is 101 Å². The van der Waals surface area contributed by atoms with Crippen molar-refractivity contribution >= 4 is 34.5 Å². The predicted octanol–water partition coefficient (Wildman–Crippen LogP) is -0.0451. The first-order valence-corrected chi connectivity index (χ1v) is 15.0. The molecule has 12 heteroatoms. The molecule has 3 saturated heterocycles. The summed E-state index contributed by atoms with van der Waals surface area (Å²) in [6, 6.07) is 4.71. The van der Waals surface area contributed by atoms with Gasteiger partial charge in [-0.2, -0.15) is 0 Å². The molecule has 3 aliphatic heterocycles. The predicted molar refractivity (Wildman–Crippen MR) is 155 cm³/mol. The Kier molecular flexibility index (Phi) is 9.44. The normalized spacial score (nSPS) is 30.0. The number of aromatic nitrogens is 1. The number of carbonyl (C=O) groups is 4. The lowest BCUT2D eigenvalue weighted by Gasteiger charge is -2.36. The highest BCUT2D eigenvalue weighted by Gasteiger charge is 2.40. The zero-order chi connectivity index (χ0) is 29.8. The van der Waals surface area contributed by atoms with Crippen LogP contribution in [0, 0.1) is 5.92 Å². The lowest BCUT2D eigenvalue weighted by atomic mass is 9.97. The molecule has 42 heavy (non-hydrogen) atoms. The molecular weight excluding hydrogens is 540 g/mol. The molecule has 4 heterocycles. The molecule has 0 unspecified atom stereocenters. The number of hydrogen-bond acceptors (Lipinski definition) is 7. The molecule has 1 aromatic carbocycles. The molecule has 0 aliphatic carbocycles. The van der Waals surface area contributed by atoms with E-state index in [9.17, 15) is 24.3 Å². The van der Waals surface area contributed by atoms with Crippen molar-refractivity contribution in [2.24, 2.45) is 5.92 Å². The van der Waals surface area contributed by atoms with Gasteiger partial charge in [-0.3, -0.25) is 19.2 Å². The number of para-hydroxylation sites is 1. The highest BCUT2D eigenvalue weighted by Crippen LogP contribution is 2.23. The molecule has 12 nitrogen and oxygen atoms in total. The average Bonchev–Trinajstić information content (AvgIpc) is 3.61. The molecular formula is C30H42N6O6. The quantitative estimate of drug-likeness (QED) is 0.294. The summed E-state index contributed by atoms with van der Waals surface area (Å²) in [6.45, 7) is 4.74. The second-order valence-electron chi connectivity index (χ2n) is 12.0. The maximum atomic E-state index is 14.0. The van der Waals surface area contributed by atoms with Crippen molar-refractivity contribution in [1.29, 1.82) is 0 Å². The van der Waals surface area contributed by atoms with Gasteiger partial charge in [-0.05, 0) is 43.2 Å². The van der Waals surface area contributed by atoms with Crippen molar-refractivity contribution in [3.63, 3.8) is 0 Å². The smallest absolute Gasteiger partial charge is 0.246 e. The van der Waals surface area contributed by atoms with E-state index in [0.717, 1.165) is 16.5 Å². The number of nitrogens with zero attached hydrogens (tertiary/aromatic N) is 1. The highest BCUT2D eigenvalue weighted by atomic mass is 16.5. The summed E-state index contributed by atoms with van der Waals surface area (Å²) in [5.41, 5.74) is 1.80. The van der Waals surface area contributed by atoms with Crippen LogP contribution in [0.2, 0.25) is 0 Å². The molecule has 2 aromatic rings. The third-order valence-electron chi connectivity index (χ3n) is 8.42. The second-order valence-corrected chi connectivity index (χ2v) is 12.0. The number of H-pyrrole nitrogens is 1. The van der Waals surface area contributed by atoms with Crippen molar-refractivity contribution < 1.29 is 29.0 Å². The molecule has 0 radical (unpaired) electrons. The number of rotatable bonds is 4. The third kappa shape index (κ3) is 6.77. The first-order valence-electron chi connectivity index (χ1n) is 15.0. The second kappa shape index (κ2) is 13.2. The molecule has 6 atom stereocenters. The Bertz CT molecular complexity index is 1300. The first kappa shape index (κ1) is 30.0. The molecule has 5 rings (SSSR count). The largest absolute Gasteiger partial charge is 0.388 e. The summed E-state index contributed by atoms with van der Waals surface area (Å²) in [5, 5.41) is 23.7. The number of benzene rings is 1. The molecule has 2 bridgehead atoms. The van der Waals surface area contributed by atoms with Gasteiger partial charge in [-0.1, -0.05) is 32.0 Å². The maximum Gasteiger partial charge on any atom is 0.246 e. The van der Waals surface area contributed by atoms with Gasteiger partial charge in [-0.25, -0.2) is 0 Å². The van der Waals surface area contributed by atoms with Crippen LogP contribution in [0.25, 0.3) is 10.9 Å². The van der Waals surface area contributed by atoms with E-state index in [1.165, 1.54) is 4.90 Å². The van der Waals surface area contributed by atoms with Crippen molar-refractivity contribution in [3.05, 3.63) is 36.0 Å². The minimum Gasteiger partial charge on any atom is -0.388 e. The molecule has 1 aromatic heterocycles. The Morgan fingerprint density at radius 2 is 1.83 bits per heavy atom. The van der Waals surface area contributed by atoms with E-state index >= 15 is 0 Å². The topological polar surface area (TPSA) is 165 Å². The SMILES string of the molecule is CC(C)C[C@H]1NC(=O)[C@H]2CCCN2C(=O)[C@@H](Cc2c[nH]c3ccccc23)NC(=O)CNC[C@H]2OCC[C@H](NC1=O)[C@@H]2O. The van der Waals surface area contributed by atoms with Gasteiger partial charge in [0, 0.05) is 43.2 Å². The number of aliphatic hydroxyl groups excluding tert-OH is 1. The Hall–Kier alpha value is -3.48. The first-order chi connectivity index (χ1) is 20.2. The molecule has 0 spiro atoms. The van der Waals surface area contributed by atoms with Crippen molar-refractivity contribution in [2.45, 2.75) is 82.3 Å². The summed E-state index contributed by atoms with van der Waals surface area (Å²) in [4.78, 5) is 58.9. The van der Waals surface area contributed by atoms with Crippen LogP contribution >= 0.6 is 0 Å². The Labute approximate surface area is 245 Å². The standard InChI is InChI=1S/C30H42N6O6/c1-17(2)12-22-28(39)34-21-9-11-42-25(27(21)38)15-31-16-26(37)33-23(13-18-14-32-20-7-4-3-6-19(18)20)30(41)36-10-5-8-24(36)29(40)35-22/h3-4,6-7,14,17,21-25,27,31-32,38H,5,8-13,15-16H2,1-2H3,(H,33,37)(H,34,39)(H,35,40)/t21-,22+,23+,24+,25+,27-/m0/s1. The van der Waals surface area contributed by atoms with Gasteiger partial charge in [-0.15, -0.1) is 0 Å². The highest BCUT2D eigenvalue weighted by molar-refractivity contribution is 5.95. The Morgan fingerprint density at radius 3 is 2.64 bits per heavy atom. The van der Waals surface area contributed by atoms with Gasteiger partial charge in [0.25, 0.3) is 0 Å². The third-order valence-corrected chi connectivity index (χ3v) is 8.42. The van der Waals surface area contributed by atoms with Gasteiger partial charge >= 0.3 is 0 Å². The number of hydrogen-bond donors (Lipinski definition) is 6. The van der Waals surface area contributed by atoms with Gasteiger partial charge in [0.2, 0.25) is 23.6 Å². The molecule has 4 amide bonds. The number of aliphatic hydroxyl groups is 1. The average molecular weight is 583 g/mol. The van der Waals surface area contributed by atoms with Crippen LogP contribution in [-0.2, 0) is 30.3 Å². The van der Waals surface area contributed by atoms with Gasteiger partial charge in [0.05, 0.1) is 18.7 Å². The number of aromatic amines is 1. The minimum absolute atomic E-state index is 0.0956. The van der Waals surface area contributed by atoms with Crippen molar-refractivity contribution in [2.75, 3.05) is 26.2 Å². The van der Waals surface area contributed by atoms with Crippen molar-refractivity contribution in [1.82, 2.24) is 31.2 Å².